The number of aliphatic imine (C=N–C) groups is 1. The molecule has 0 bridgehead atoms. The van der Waals surface area contributed by atoms with E-state index in [4.69, 9.17) is 0 Å². The molecule has 0 aromatic heterocycles. The Morgan fingerprint density at radius 3 is 2.48 bits per heavy atom. The van der Waals surface area contributed by atoms with E-state index >= 15 is 0 Å². The second-order valence-electron chi connectivity index (χ2n) is 6.89. The molecule has 1 saturated heterocycles. The van der Waals surface area contributed by atoms with Crippen LogP contribution in [-0.2, 0) is 4.79 Å². The molecule has 1 amide bonds. The van der Waals surface area contributed by atoms with Crippen molar-refractivity contribution in [2.24, 2.45) is 4.99 Å². The number of carbonyl (C=O) groups excluding carboxylic acids is 1. The molecule has 0 aliphatic carbocycles. The summed E-state index contributed by atoms with van der Waals surface area (Å²) in [5, 5.41) is 6.69. The largest absolute Gasteiger partial charge is 0.356 e. The van der Waals surface area contributed by atoms with Gasteiger partial charge in [-0.2, -0.15) is 0 Å². The molecule has 0 aromatic rings. The lowest BCUT2D eigenvalue weighted by molar-refractivity contribution is -0.127. The summed E-state index contributed by atoms with van der Waals surface area (Å²) in [6.45, 7) is 8.83. The number of nitrogens with zero attached hydrogens (tertiary/aromatic N) is 3. The van der Waals surface area contributed by atoms with Crippen LogP contribution in [-0.4, -0.2) is 74.5 Å². The molecular weight excluding hydrogens is 429 g/mol. The summed E-state index contributed by atoms with van der Waals surface area (Å²) in [7, 11) is 3.52. The van der Waals surface area contributed by atoms with Crippen LogP contribution in [0.25, 0.3) is 0 Å². The number of guanidine groups is 1. The van der Waals surface area contributed by atoms with Crippen LogP contribution in [0.5, 0.6) is 0 Å². The lowest BCUT2D eigenvalue weighted by atomic mass is 10.0. The van der Waals surface area contributed by atoms with Crippen LogP contribution in [0.2, 0.25) is 0 Å². The minimum atomic E-state index is 0. The number of hydrogen-bond donors (Lipinski definition) is 2. The van der Waals surface area contributed by atoms with E-state index in [0.717, 1.165) is 44.9 Å². The van der Waals surface area contributed by atoms with Crippen molar-refractivity contribution in [1.29, 1.82) is 0 Å². The third-order valence-corrected chi connectivity index (χ3v) is 4.55. The fourth-order valence-electron chi connectivity index (χ4n) is 2.82. The molecule has 1 aliphatic rings. The summed E-state index contributed by atoms with van der Waals surface area (Å²) in [5.41, 5.74) is 0. The van der Waals surface area contributed by atoms with Crippen LogP contribution < -0.4 is 10.6 Å². The maximum atomic E-state index is 11.7. The number of likely N-dealkylation sites (tertiary alicyclic amines) is 1. The number of unbranched alkanes of at least 4 members (excludes halogenated alkanes) is 1. The Morgan fingerprint density at radius 1 is 1.20 bits per heavy atom. The van der Waals surface area contributed by atoms with Gasteiger partial charge in [0.1, 0.15) is 6.54 Å². The van der Waals surface area contributed by atoms with Crippen LogP contribution in [0, 0.1) is 0 Å². The quantitative estimate of drug-likeness (QED) is 0.237. The van der Waals surface area contributed by atoms with Crippen molar-refractivity contribution < 1.29 is 4.79 Å². The highest BCUT2D eigenvalue weighted by atomic mass is 127. The molecule has 25 heavy (non-hydrogen) atoms. The number of likely N-dealkylation sites (N-methyl/N-ethyl adjacent to an activating group) is 1. The van der Waals surface area contributed by atoms with Gasteiger partial charge in [0.25, 0.3) is 0 Å². The maximum absolute atomic E-state index is 11.7. The summed E-state index contributed by atoms with van der Waals surface area (Å²) in [4.78, 5) is 20.3. The van der Waals surface area contributed by atoms with Gasteiger partial charge in [0, 0.05) is 39.8 Å². The number of carbonyl (C=O) groups is 1. The fourth-order valence-corrected chi connectivity index (χ4v) is 2.82. The highest BCUT2D eigenvalue weighted by Crippen LogP contribution is 2.15. The zero-order chi connectivity index (χ0) is 17.8. The number of rotatable bonds is 9. The van der Waals surface area contributed by atoms with E-state index in [-0.39, 0.29) is 36.4 Å². The van der Waals surface area contributed by atoms with Crippen LogP contribution in [0.1, 0.15) is 52.4 Å². The topological polar surface area (TPSA) is 60.0 Å². The van der Waals surface area contributed by atoms with Gasteiger partial charge in [-0.05, 0) is 39.2 Å². The molecule has 1 fully saturated rings. The molecule has 148 valence electrons. The Hall–Kier alpha value is -0.570. The van der Waals surface area contributed by atoms with Crippen LogP contribution in [0.3, 0.4) is 0 Å². The van der Waals surface area contributed by atoms with Crippen molar-refractivity contribution in [2.45, 2.75) is 58.4 Å². The van der Waals surface area contributed by atoms with Crippen molar-refractivity contribution in [3.8, 4) is 0 Å². The predicted octanol–water partition coefficient (Wildman–Crippen LogP) is 2.29. The van der Waals surface area contributed by atoms with Gasteiger partial charge in [-0.1, -0.05) is 19.8 Å². The van der Waals surface area contributed by atoms with E-state index in [2.05, 4.69) is 34.4 Å². The Labute approximate surface area is 171 Å². The molecule has 0 aromatic carbocycles. The standard InChI is InChI=1S/C18H37N5O.HI/c1-5-6-11-19-18(21-15-17(24)22(3)4)20-12-9-14-23-13-8-7-10-16(23)2;/h16H,5-15H2,1-4H3,(H2,19,20,21);1H. The van der Waals surface area contributed by atoms with E-state index in [1.54, 1.807) is 19.0 Å². The third kappa shape index (κ3) is 10.9. The lowest BCUT2D eigenvalue weighted by Gasteiger charge is -2.33. The Balaban J connectivity index is 0.00000576. The number of halogens is 1. The summed E-state index contributed by atoms with van der Waals surface area (Å²) in [6, 6.07) is 0.715. The monoisotopic (exact) mass is 467 g/mol. The molecule has 1 unspecified atom stereocenters. The van der Waals surface area contributed by atoms with Gasteiger partial charge in [0.15, 0.2) is 5.96 Å². The van der Waals surface area contributed by atoms with Crippen LogP contribution >= 0.6 is 24.0 Å². The molecule has 1 aliphatic heterocycles. The van der Waals surface area contributed by atoms with Crippen molar-refractivity contribution in [2.75, 3.05) is 46.8 Å². The van der Waals surface area contributed by atoms with Gasteiger partial charge >= 0.3 is 0 Å². The van der Waals surface area contributed by atoms with Crippen molar-refractivity contribution >= 4 is 35.8 Å². The second-order valence-corrected chi connectivity index (χ2v) is 6.89. The molecule has 1 rings (SSSR count). The van der Waals surface area contributed by atoms with E-state index in [1.165, 1.54) is 25.8 Å². The summed E-state index contributed by atoms with van der Waals surface area (Å²) in [6.07, 6.45) is 7.37. The van der Waals surface area contributed by atoms with Gasteiger partial charge in [0.05, 0.1) is 0 Å². The van der Waals surface area contributed by atoms with Gasteiger partial charge < -0.3 is 20.4 Å². The highest BCUT2D eigenvalue weighted by Gasteiger charge is 2.17. The molecule has 0 spiro atoms. The second kappa shape index (κ2) is 14.6. The fraction of sp³-hybridized carbons (Fsp3) is 0.889. The summed E-state index contributed by atoms with van der Waals surface area (Å²) < 4.78 is 0. The van der Waals surface area contributed by atoms with Gasteiger partial charge in [-0.25, -0.2) is 4.99 Å². The first-order valence-corrected chi connectivity index (χ1v) is 9.51. The predicted molar refractivity (Wildman–Crippen MR) is 117 cm³/mol. The lowest BCUT2D eigenvalue weighted by Crippen LogP contribution is -2.42. The molecule has 1 atom stereocenters. The average molecular weight is 467 g/mol. The first-order chi connectivity index (χ1) is 11.5. The smallest absolute Gasteiger partial charge is 0.243 e. The first-order valence-electron chi connectivity index (χ1n) is 9.51. The summed E-state index contributed by atoms with van der Waals surface area (Å²) >= 11 is 0. The van der Waals surface area contributed by atoms with E-state index in [9.17, 15) is 4.79 Å². The van der Waals surface area contributed by atoms with Gasteiger partial charge in [0.2, 0.25) is 5.91 Å². The Bertz CT molecular complexity index is 390. The van der Waals surface area contributed by atoms with Crippen molar-refractivity contribution in [1.82, 2.24) is 20.4 Å². The molecule has 6 nitrogen and oxygen atoms in total. The first kappa shape index (κ1) is 24.4. The number of piperidine rings is 1. The van der Waals surface area contributed by atoms with Crippen LogP contribution in [0.15, 0.2) is 4.99 Å². The molecule has 1 heterocycles. The molecule has 0 saturated carbocycles. The molecular formula is C18H38IN5O. The third-order valence-electron chi connectivity index (χ3n) is 4.55. The summed E-state index contributed by atoms with van der Waals surface area (Å²) in [5.74, 6) is 0.777. The molecule has 7 heteroatoms. The minimum absolute atomic E-state index is 0. The Morgan fingerprint density at radius 2 is 1.88 bits per heavy atom. The highest BCUT2D eigenvalue weighted by molar-refractivity contribution is 14.0. The minimum Gasteiger partial charge on any atom is -0.356 e. The average Bonchev–Trinajstić information content (AvgIpc) is 2.57. The van der Waals surface area contributed by atoms with E-state index in [0.29, 0.717) is 6.04 Å². The molecule has 0 radical (unpaired) electrons. The van der Waals surface area contributed by atoms with Gasteiger partial charge in [-0.15, -0.1) is 24.0 Å². The maximum Gasteiger partial charge on any atom is 0.243 e. The number of nitrogens with one attached hydrogen (secondary N) is 2. The van der Waals surface area contributed by atoms with Crippen LogP contribution in [0.4, 0.5) is 0 Å². The number of amides is 1. The zero-order valence-electron chi connectivity index (χ0n) is 16.5. The zero-order valence-corrected chi connectivity index (χ0v) is 18.8. The van der Waals surface area contributed by atoms with Crippen molar-refractivity contribution in [3.05, 3.63) is 0 Å². The Kier molecular flexibility index (Phi) is 14.3. The molecule has 2 N–H and O–H groups in total. The van der Waals surface area contributed by atoms with E-state index < -0.39 is 0 Å². The van der Waals surface area contributed by atoms with E-state index in [1.807, 2.05) is 0 Å². The van der Waals surface area contributed by atoms with Gasteiger partial charge in [-0.3, -0.25) is 4.79 Å². The normalized spacial score (nSPS) is 18.4. The SMILES string of the molecule is CCCCNC(=NCC(=O)N(C)C)NCCCN1CCCCC1C.I. The van der Waals surface area contributed by atoms with Crippen molar-refractivity contribution in [3.63, 3.8) is 0 Å². The number of hydrogen-bond acceptors (Lipinski definition) is 3.